The van der Waals surface area contributed by atoms with Gasteiger partial charge in [0.1, 0.15) is 5.60 Å². The van der Waals surface area contributed by atoms with E-state index in [4.69, 9.17) is 0 Å². The van der Waals surface area contributed by atoms with Gasteiger partial charge in [-0.25, -0.2) is 0 Å². The second-order valence-electron chi connectivity index (χ2n) is 6.56. The van der Waals surface area contributed by atoms with Crippen molar-refractivity contribution >= 4 is 21.5 Å². The Balaban J connectivity index is 2.35. The fourth-order valence-electron chi connectivity index (χ4n) is 3.77. The Hall–Kier alpha value is -1.64. The number of rotatable bonds is 4. The molecule has 2 aromatic carbocycles. The standard InChI is InChI=1S/C22H23BrO/c1-4-5-11-19-21(15(2)3)16-10-6-7-12-17(16)22(19,24)18-13-8-9-14-20(18)23/h4-10,12-15,24H,11H2,1-3H3/b5-4-. The summed E-state index contributed by atoms with van der Waals surface area (Å²) < 4.78 is 0.935. The van der Waals surface area contributed by atoms with Crippen LogP contribution in [0, 0.1) is 5.92 Å². The minimum absolute atomic E-state index is 0.350. The molecule has 1 unspecified atom stereocenters. The van der Waals surface area contributed by atoms with Crippen LogP contribution in [-0.2, 0) is 5.60 Å². The van der Waals surface area contributed by atoms with Crippen molar-refractivity contribution < 1.29 is 5.11 Å². The van der Waals surface area contributed by atoms with E-state index >= 15 is 0 Å². The third kappa shape index (κ3) is 2.58. The molecule has 1 N–H and O–H groups in total. The molecule has 2 heteroatoms. The Kier molecular flexibility index (Phi) is 4.80. The maximum atomic E-state index is 12.0. The van der Waals surface area contributed by atoms with Crippen molar-refractivity contribution in [3.05, 3.63) is 87.4 Å². The van der Waals surface area contributed by atoms with Crippen LogP contribution in [0.1, 0.15) is 43.9 Å². The summed E-state index contributed by atoms with van der Waals surface area (Å²) in [5.74, 6) is 0.350. The summed E-state index contributed by atoms with van der Waals surface area (Å²) in [6, 6.07) is 16.2. The van der Waals surface area contributed by atoms with Crippen molar-refractivity contribution in [2.75, 3.05) is 0 Å². The number of fused-ring (bicyclic) bond motifs is 1. The summed E-state index contributed by atoms with van der Waals surface area (Å²) in [4.78, 5) is 0. The van der Waals surface area contributed by atoms with Gasteiger partial charge < -0.3 is 5.11 Å². The van der Waals surface area contributed by atoms with Crippen molar-refractivity contribution in [2.45, 2.75) is 32.8 Å². The predicted octanol–water partition coefficient (Wildman–Crippen LogP) is 6.07. The smallest absolute Gasteiger partial charge is 0.139 e. The maximum Gasteiger partial charge on any atom is 0.139 e. The van der Waals surface area contributed by atoms with Gasteiger partial charge in [0, 0.05) is 10.0 Å². The molecule has 0 radical (unpaired) electrons. The highest BCUT2D eigenvalue weighted by Gasteiger charge is 2.45. The minimum atomic E-state index is -1.09. The molecule has 0 saturated heterocycles. The van der Waals surface area contributed by atoms with E-state index in [2.05, 4.69) is 54.1 Å². The van der Waals surface area contributed by atoms with Gasteiger partial charge in [-0.3, -0.25) is 0 Å². The molecular weight excluding hydrogens is 360 g/mol. The second-order valence-corrected chi connectivity index (χ2v) is 7.41. The highest BCUT2D eigenvalue weighted by Crippen LogP contribution is 2.53. The Labute approximate surface area is 152 Å². The Morgan fingerprint density at radius 3 is 2.29 bits per heavy atom. The molecule has 0 aliphatic heterocycles. The van der Waals surface area contributed by atoms with Gasteiger partial charge in [0.05, 0.1) is 0 Å². The van der Waals surface area contributed by atoms with Gasteiger partial charge in [-0.2, -0.15) is 0 Å². The van der Waals surface area contributed by atoms with Crippen LogP contribution in [0.15, 0.2) is 70.7 Å². The van der Waals surface area contributed by atoms with E-state index in [9.17, 15) is 5.11 Å². The van der Waals surface area contributed by atoms with Crippen molar-refractivity contribution in [3.8, 4) is 0 Å². The molecule has 0 bridgehead atoms. The minimum Gasteiger partial charge on any atom is -0.376 e. The van der Waals surface area contributed by atoms with Crippen LogP contribution in [0.25, 0.3) is 5.57 Å². The first kappa shape index (κ1) is 17.2. The Morgan fingerprint density at radius 1 is 1.04 bits per heavy atom. The second kappa shape index (κ2) is 6.70. The molecule has 3 rings (SSSR count). The first-order valence-electron chi connectivity index (χ1n) is 8.43. The number of halogens is 1. The molecule has 0 fully saturated rings. The average molecular weight is 383 g/mol. The first-order valence-corrected chi connectivity index (χ1v) is 9.23. The molecule has 0 saturated carbocycles. The lowest BCUT2D eigenvalue weighted by atomic mass is 9.81. The fourth-order valence-corrected chi connectivity index (χ4v) is 4.34. The van der Waals surface area contributed by atoms with Gasteiger partial charge in [0.15, 0.2) is 0 Å². The van der Waals surface area contributed by atoms with E-state index in [0.717, 1.165) is 27.6 Å². The average Bonchev–Trinajstić information content (AvgIpc) is 2.83. The summed E-state index contributed by atoms with van der Waals surface area (Å²) in [6.07, 6.45) is 4.93. The largest absolute Gasteiger partial charge is 0.376 e. The lowest BCUT2D eigenvalue weighted by Gasteiger charge is -2.30. The van der Waals surface area contributed by atoms with Gasteiger partial charge in [0.2, 0.25) is 0 Å². The maximum absolute atomic E-state index is 12.0. The summed E-state index contributed by atoms with van der Waals surface area (Å²) >= 11 is 3.65. The number of allylic oxidation sites excluding steroid dienone is 3. The van der Waals surface area contributed by atoms with Crippen LogP contribution < -0.4 is 0 Å². The summed E-state index contributed by atoms with van der Waals surface area (Å²) in [6.45, 7) is 6.43. The van der Waals surface area contributed by atoms with Gasteiger partial charge in [-0.15, -0.1) is 0 Å². The number of hydrogen-bond donors (Lipinski definition) is 1. The van der Waals surface area contributed by atoms with E-state index in [0.29, 0.717) is 5.92 Å². The molecule has 1 aliphatic carbocycles. The molecule has 2 aromatic rings. The summed E-state index contributed by atoms with van der Waals surface area (Å²) in [5, 5.41) is 12.0. The topological polar surface area (TPSA) is 20.2 Å². The highest BCUT2D eigenvalue weighted by atomic mass is 79.9. The van der Waals surface area contributed by atoms with Gasteiger partial charge in [0.25, 0.3) is 0 Å². The van der Waals surface area contributed by atoms with Crippen LogP contribution in [0.3, 0.4) is 0 Å². The molecule has 1 nitrogen and oxygen atoms in total. The molecule has 0 heterocycles. The van der Waals surface area contributed by atoms with Crippen molar-refractivity contribution in [1.29, 1.82) is 0 Å². The zero-order chi connectivity index (χ0) is 17.3. The monoisotopic (exact) mass is 382 g/mol. The fraction of sp³-hybridized carbons (Fsp3) is 0.273. The van der Waals surface area contributed by atoms with Crippen molar-refractivity contribution in [1.82, 2.24) is 0 Å². The third-order valence-electron chi connectivity index (χ3n) is 4.77. The van der Waals surface area contributed by atoms with E-state index in [1.807, 2.05) is 43.3 Å². The Bertz CT molecular complexity index is 816. The van der Waals surface area contributed by atoms with E-state index < -0.39 is 5.60 Å². The third-order valence-corrected chi connectivity index (χ3v) is 5.46. The summed E-state index contributed by atoms with van der Waals surface area (Å²) in [7, 11) is 0. The number of benzene rings is 2. The van der Waals surface area contributed by atoms with Gasteiger partial charge >= 0.3 is 0 Å². The normalized spacial score (nSPS) is 20.2. The molecule has 1 atom stereocenters. The van der Waals surface area contributed by atoms with Crippen molar-refractivity contribution in [2.24, 2.45) is 5.92 Å². The summed E-state index contributed by atoms with van der Waals surface area (Å²) in [5.41, 5.74) is 4.33. The lowest BCUT2D eigenvalue weighted by molar-refractivity contribution is 0.122. The number of aliphatic hydroxyl groups is 1. The molecule has 24 heavy (non-hydrogen) atoms. The first-order chi connectivity index (χ1) is 11.5. The van der Waals surface area contributed by atoms with E-state index in [-0.39, 0.29) is 0 Å². The predicted molar refractivity (Wildman–Crippen MR) is 105 cm³/mol. The molecule has 0 amide bonds. The zero-order valence-electron chi connectivity index (χ0n) is 14.4. The lowest BCUT2D eigenvalue weighted by Crippen LogP contribution is -2.28. The van der Waals surface area contributed by atoms with E-state index in [1.54, 1.807) is 0 Å². The zero-order valence-corrected chi connectivity index (χ0v) is 16.0. The van der Waals surface area contributed by atoms with Crippen LogP contribution in [0.5, 0.6) is 0 Å². The van der Waals surface area contributed by atoms with Crippen molar-refractivity contribution in [3.63, 3.8) is 0 Å². The number of hydrogen-bond acceptors (Lipinski definition) is 1. The quantitative estimate of drug-likeness (QED) is 0.635. The van der Waals surface area contributed by atoms with Crippen LogP contribution in [0.2, 0.25) is 0 Å². The van der Waals surface area contributed by atoms with E-state index in [1.165, 1.54) is 11.1 Å². The van der Waals surface area contributed by atoms with Crippen LogP contribution in [0.4, 0.5) is 0 Å². The molecule has 124 valence electrons. The van der Waals surface area contributed by atoms with Crippen LogP contribution >= 0.6 is 15.9 Å². The Morgan fingerprint density at radius 2 is 1.67 bits per heavy atom. The highest BCUT2D eigenvalue weighted by molar-refractivity contribution is 9.10. The van der Waals surface area contributed by atoms with Gasteiger partial charge in [-0.1, -0.05) is 84.4 Å². The SMILES string of the molecule is C/C=C\CC1=C(C(C)C)c2ccccc2C1(O)c1ccccc1Br. The van der Waals surface area contributed by atoms with Gasteiger partial charge in [-0.05, 0) is 47.6 Å². The molecule has 0 aromatic heterocycles. The molecular formula is C22H23BrO. The molecule has 1 aliphatic rings. The van der Waals surface area contributed by atoms with Crippen LogP contribution in [-0.4, -0.2) is 5.11 Å². The molecule has 0 spiro atoms.